The van der Waals surface area contributed by atoms with E-state index in [1.54, 1.807) is 0 Å². The Labute approximate surface area is 132 Å². The molecular formula is C15H18ClN3OS. The average Bonchev–Trinajstić information content (AvgIpc) is 3.24. The molecule has 1 aliphatic rings. The lowest BCUT2D eigenvalue weighted by Crippen LogP contribution is -2.10. The van der Waals surface area contributed by atoms with Crippen LogP contribution in [-0.2, 0) is 16.6 Å². The summed E-state index contributed by atoms with van der Waals surface area (Å²) in [6.07, 6.45) is 2.34. The molecule has 3 rings (SSSR count). The first kappa shape index (κ1) is 14.7. The van der Waals surface area contributed by atoms with E-state index in [0.717, 1.165) is 17.2 Å². The summed E-state index contributed by atoms with van der Waals surface area (Å²) in [6, 6.07) is 8.05. The fourth-order valence-electron chi connectivity index (χ4n) is 2.46. The van der Waals surface area contributed by atoms with Gasteiger partial charge in [0.1, 0.15) is 11.6 Å². The van der Waals surface area contributed by atoms with E-state index in [1.807, 2.05) is 38.1 Å². The van der Waals surface area contributed by atoms with Crippen LogP contribution in [0.5, 0.6) is 0 Å². The van der Waals surface area contributed by atoms with Crippen LogP contribution >= 0.6 is 11.6 Å². The Kier molecular flexibility index (Phi) is 4.13. The van der Waals surface area contributed by atoms with Crippen LogP contribution in [0.4, 0.5) is 0 Å². The van der Waals surface area contributed by atoms with Gasteiger partial charge < -0.3 is 4.57 Å². The quantitative estimate of drug-likeness (QED) is 0.845. The first-order valence-corrected chi connectivity index (χ1v) is 8.85. The smallest absolute Gasteiger partial charge is 0.145 e. The molecule has 0 bridgehead atoms. The number of aryl methyl sites for hydroxylation is 1. The molecule has 2 aromatic rings. The minimum Gasteiger partial charge on any atom is -0.311 e. The van der Waals surface area contributed by atoms with Crippen molar-refractivity contribution in [3.63, 3.8) is 0 Å². The number of hydrogen-bond acceptors (Lipinski definition) is 3. The average molecular weight is 324 g/mol. The fraction of sp³-hybridized carbons (Fsp3) is 0.467. The van der Waals surface area contributed by atoms with Gasteiger partial charge in [-0.25, -0.2) is 0 Å². The van der Waals surface area contributed by atoms with Crippen molar-refractivity contribution in [2.24, 2.45) is 0 Å². The number of aromatic nitrogens is 3. The van der Waals surface area contributed by atoms with Gasteiger partial charge in [-0.15, -0.1) is 10.2 Å². The Balaban J connectivity index is 1.75. The van der Waals surface area contributed by atoms with Crippen molar-refractivity contribution >= 4 is 22.4 Å². The van der Waals surface area contributed by atoms with E-state index in [1.165, 1.54) is 12.8 Å². The second-order valence-electron chi connectivity index (χ2n) is 5.48. The molecule has 21 heavy (non-hydrogen) atoms. The van der Waals surface area contributed by atoms with Crippen LogP contribution in [0.3, 0.4) is 0 Å². The molecule has 1 aromatic carbocycles. The van der Waals surface area contributed by atoms with Gasteiger partial charge in [-0.1, -0.05) is 23.7 Å². The van der Waals surface area contributed by atoms with E-state index in [2.05, 4.69) is 14.8 Å². The Morgan fingerprint density at radius 1 is 1.33 bits per heavy atom. The molecule has 0 spiro atoms. The summed E-state index contributed by atoms with van der Waals surface area (Å²) < 4.78 is 14.7. The van der Waals surface area contributed by atoms with Crippen molar-refractivity contribution in [3.8, 4) is 0 Å². The Morgan fingerprint density at radius 3 is 2.62 bits per heavy atom. The first-order valence-electron chi connectivity index (χ1n) is 7.09. The Hall–Kier alpha value is -1.20. The first-order chi connectivity index (χ1) is 10.1. The third kappa shape index (κ3) is 3.19. The molecule has 0 saturated heterocycles. The summed E-state index contributed by atoms with van der Waals surface area (Å²) in [5, 5.41) is 8.99. The van der Waals surface area contributed by atoms with Crippen LogP contribution in [-0.4, -0.2) is 19.0 Å². The summed E-state index contributed by atoms with van der Waals surface area (Å²) in [5.74, 6) is 2.21. The van der Waals surface area contributed by atoms with Crippen molar-refractivity contribution in [3.05, 3.63) is 46.5 Å². The van der Waals surface area contributed by atoms with Gasteiger partial charge in [0.2, 0.25) is 0 Å². The third-order valence-electron chi connectivity index (χ3n) is 3.85. The molecule has 2 atom stereocenters. The Morgan fingerprint density at radius 2 is 2.00 bits per heavy atom. The zero-order valence-electron chi connectivity index (χ0n) is 12.1. The molecule has 1 heterocycles. The predicted molar refractivity (Wildman–Crippen MR) is 84.7 cm³/mol. The van der Waals surface area contributed by atoms with E-state index in [4.69, 9.17) is 11.6 Å². The van der Waals surface area contributed by atoms with Crippen molar-refractivity contribution in [2.45, 2.75) is 43.7 Å². The van der Waals surface area contributed by atoms with Crippen LogP contribution in [0.25, 0.3) is 0 Å². The molecule has 1 fully saturated rings. The molecule has 0 aliphatic heterocycles. The van der Waals surface area contributed by atoms with Crippen LogP contribution in [0, 0.1) is 6.92 Å². The topological polar surface area (TPSA) is 47.8 Å². The van der Waals surface area contributed by atoms with Crippen molar-refractivity contribution < 1.29 is 4.21 Å². The normalized spacial score (nSPS) is 17.7. The van der Waals surface area contributed by atoms with E-state index in [0.29, 0.717) is 16.8 Å². The maximum atomic E-state index is 12.6. The van der Waals surface area contributed by atoms with Gasteiger partial charge in [-0.2, -0.15) is 0 Å². The molecular weight excluding hydrogens is 306 g/mol. The van der Waals surface area contributed by atoms with Crippen LogP contribution < -0.4 is 0 Å². The molecule has 1 aromatic heterocycles. The van der Waals surface area contributed by atoms with E-state index in [-0.39, 0.29) is 5.25 Å². The minimum atomic E-state index is -1.03. The molecule has 0 N–H and O–H groups in total. The van der Waals surface area contributed by atoms with Crippen LogP contribution in [0.15, 0.2) is 24.3 Å². The second-order valence-corrected chi connectivity index (χ2v) is 7.68. The summed E-state index contributed by atoms with van der Waals surface area (Å²) in [5.41, 5.74) is 1.03. The van der Waals surface area contributed by atoms with Gasteiger partial charge >= 0.3 is 0 Å². The molecule has 1 aliphatic carbocycles. The number of nitrogens with zero attached hydrogens (tertiary/aromatic N) is 3. The highest BCUT2D eigenvalue weighted by Gasteiger charge is 2.29. The fourth-order valence-corrected chi connectivity index (χ4v) is 3.75. The lowest BCUT2D eigenvalue weighted by Gasteiger charge is -2.13. The van der Waals surface area contributed by atoms with Gasteiger partial charge in [-0.05, 0) is 44.4 Å². The van der Waals surface area contributed by atoms with E-state index in [9.17, 15) is 4.21 Å². The lowest BCUT2D eigenvalue weighted by molar-refractivity contribution is 0.659. The maximum absolute atomic E-state index is 12.6. The van der Waals surface area contributed by atoms with Crippen molar-refractivity contribution in [2.75, 3.05) is 0 Å². The van der Waals surface area contributed by atoms with Gasteiger partial charge in [-0.3, -0.25) is 4.21 Å². The van der Waals surface area contributed by atoms with Gasteiger partial charge in [0.25, 0.3) is 0 Å². The largest absolute Gasteiger partial charge is 0.311 e. The molecule has 6 heteroatoms. The molecule has 0 amide bonds. The highest BCUT2D eigenvalue weighted by molar-refractivity contribution is 7.84. The Bertz CT molecular complexity index is 664. The van der Waals surface area contributed by atoms with Crippen molar-refractivity contribution in [1.29, 1.82) is 0 Å². The molecule has 0 unspecified atom stereocenters. The highest BCUT2D eigenvalue weighted by atomic mass is 35.5. The monoisotopic (exact) mass is 323 g/mol. The van der Waals surface area contributed by atoms with Crippen molar-refractivity contribution in [1.82, 2.24) is 14.8 Å². The van der Waals surface area contributed by atoms with Gasteiger partial charge in [0, 0.05) is 21.9 Å². The molecule has 0 radical (unpaired) electrons. The SMILES string of the molecule is Cc1nnc(C[S@@](=O)[C@@H](C)c2ccc(Cl)cc2)n1C1CC1. The van der Waals surface area contributed by atoms with E-state index < -0.39 is 10.8 Å². The maximum Gasteiger partial charge on any atom is 0.145 e. The second kappa shape index (κ2) is 5.89. The van der Waals surface area contributed by atoms with Crippen LogP contribution in [0.1, 0.15) is 48.3 Å². The zero-order chi connectivity index (χ0) is 15.0. The van der Waals surface area contributed by atoms with Gasteiger partial charge in [0.15, 0.2) is 0 Å². The number of rotatable bonds is 5. The minimum absolute atomic E-state index is 0.0491. The molecule has 4 nitrogen and oxygen atoms in total. The number of benzene rings is 1. The summed E-state index contributed by atoms with van der Waals surface area (Å²) in [4.78, 5) is 0. The highest BCUT2D eigenvalue weighted by Crippen LogP contribution is 2.37. The molecule has 112 valence electrons. The standard InChI is InChI=1S/C15H18ClN3OS/c1-10(12-3-5-13(16)6-4-12)21(20)9-15-18-17-11(2)19(15)14-7-8-14/h3-6,10,14H,7-9H2,1-2H3/t10-,21+/m0/s1. The lowest BCUT2D eigenvalue weighted by atomic mass is 10.2. The van der Waals surface area contributed by atoms with E-state index >= 15 is 0 Å². The molecule has 1 saturated carbocycles. The summed E-state index contributed by atoms with van der Waals surface area (Å²) >= 11 is 5.89. The zero-order valence-corrected chi connectivity index (χ0v) is 13.7. The van der Waals surface area contributed by atoms with Gasteiger partial charge in [0.05, 0.1) is 11.0 Å². The predicted octanol–water partition coefficient (Wildman–Crippen LogP) is 3.58. The van der Waals surface area contributed by atoms with Crippen LogP contribution in [0.2, 0.25) is 5.02 Å². The third-order valence-corrected chi connectivity index (χ3v) is 5.71. The summed E-state index contributed by atoms with van der Waals surface area (Å²) in [6.45, 7) is 3.93. The number of halogens is 1. The summed E-state index contributed by atoms with van der Waals surface area (Å²) in [7, 11) is -1.03. The number of hydrogen-bond donors (Lipinski definition) is 0.